The Morgan fingerprint density at radius 2 is 1.64 bits per heavy atom. The summed E-state index contributed by atoms with van der Waals surface area (Å²) in [5.41, 5.74) is 2.80. The van der Waals surface area contributed by atoms with E-state index < -0.39 is 8.32 Å². The van der Waals surface area contributed by atoms with Crippen LogP contribution in [-0.2, 0) is 10.8 Å². The first-order valence-corrected chi connectivity index (χ1v) is 14.6. The van der Waals surface area contributed by atoms with Crippen LogP contribution in [0.3, 0.4) is 0 Å². The van der Waals surface area contributed by atoms with E-state index in [2.05, 4.69) is 127 Å². The summed E-state index contributed by atoms with van der Waals surface area (Å²) >= 11 is 2.41. The van der Waals surface area contributed by atoms with E-state index in [0.717, 1.165) is 6.42 Å². The molecule has 0 fully saturated rings. The first kappa shape index (κ1) is 25.6. The van der Waals surface area contributed by atoms with E-state index in [0.29, 0.717) is 11.8 Å². The molecule has 3 atom stereocenters. The molecule has 28 heavy (non-hydrogen) atoms. The predicted molar refractivity (Wildman–Crippen MR) is 137 cm³/mol. The van der Waals surface area contributed by atoms with Gasteiger partial charge in [-0.25, -0.2) is 0 Å². The highest BCUT2D eigenvalue weighted by molar-refractivity contribution is 14.1. The number of allylic oxidation sites excluding steroid dienone is 2. The van der Waals surface area contributed by atoms with E-state index in [-0.39, 0.29) is 11.1 Å². The topological polar surface area (TPSA) is 9.23 Å². The molecule has 1 aromatic rings. The third kappa shape index (κ3) is 8.54. The van der Waals surface area contributed by atoms with Crippen LogP contribution >= 0.6 is 22.6 Å². The number of aryl methyl sites for hydroxylation is 1. The van der Waals surface area contributed by atoms with Gasteiger partial charge in [-0.15, -0.1) is 0 Å². The first-order valence-electron chi connectivity index (χ1n) is 10.6. The Hall–Kier alpha value is -0.393. The molecule has 0 aliphatic rings. The van der Waals surface area contributed by atoms with E-state index in [1.54, 1.807) is 0 Å². The van der Waals surface area contributed by atoms with Gasteiger partial charge in [-0.3, -0.25) is 0 Å². The zero-order chi connectivity index (χ0) is 21.5. The summed E-state index contributed by atoms with van der Waals surface area (Å²) in [5, 5.41) is 0.216. The standard InChI is InChI=1S/C25H41IOSi/c1-19(15-16-23-13-11-10-12-14-23)17-20(2)24(21(3)18-22(4)26)27-28(8,9)25(5,6)7/h10-14,17-19,21,24H,15-16H2,1-9H3/b20-17+,22-18+/t19-,21+,24-/m0/s1. The molecule has 0 bridgehead atoms. The van der Waals surface area contributed by atoms with E-state index in [1.165, 1.54) is 21.1 Å². The largest absolute Gasteiger partial charge is 0.410 e. The molecule has 0 saturated carbocycles. The SMILES string of the molecule is C/C(I)=C\[C@@H](C)[C@@H](O[Si](C)(C)C(C)(C)C)/C(C)=C/[C@@H](C)CCc1ccccc1. The molecule has 0 aliphatic heterocycles. The van der Waals surface area contributed by atoms with Gasteiger partial charge in [0.05, 0.1) is 6.10 Å². The molecule has 0 aliphatic carbocycles. The summed E-state index contributed by atoms with van der Waals surface area (Å²) in [4.78, 5) is 0. The van der Waals surface area contributed by atoms with Crippen molar-refractivity contribution in [2.75, 3.05) is 0 Å². The minimum Gasteiger partial charge on any atom is -0.410 e. The average molecular weight is 513 g/mol. The minimum atomic E-state index is -1.84. The number of rotatable bonds is 9. The summed E-state index contributed by atoms with van der Waals surface area (Å²) in [6, 6.07) is 10.8. The predicted octanol–water partition coefficient (Wildman–Crippen LogP) is 8.57. The number of hydrogen-bond donors (Lipinski definition) is 0. The van der Waals surface area contributed by atoms with Crippen molar-refractivity contribution < 1.29 is 4.43 Å². The Kier molecular flexibility index (Phi) is 10.2. The second kappa shape index (κ2) is 11.1. The fourth-order valence-electron chi connectivity index (χ4n) is 3.22. The molecule has 1 rings (SSSR count). The molecule has 0 spiro atoms. The molecule has 1 aromatic carbocycles. The zero-order valence-electron chi connectivity index (χ0n) is 19.5. The van der Waals surface area contributed by atoms with E-state index in [1.807, 2.05) is 0 Å². The van der Waals surface area contributed by atoms with Gasteiger partial charge in [-0.1, -0.05) is 77.1 Å². The van der Waals surface area contributed by atoms with E-state index in [9.17, 15) is 0 Å². The maximum atomic E-state index is 6.91. The highest BCUT2D eigenvalue weighted by Crippen LogP contribution is 2.39. The first-order chi connectivity index (χ1) is 12.8. The highest BCUT2D eigenvalue weighted by Gasteiger charge is 2.40. The van der Waals surface area contributed by atoms with Crippen LogP contribution in [-0.4, -0.2) is 14.4 Å². The van der Waals surface area contributed by atoms with Crippen molar-refractivity contribution in [3.05, 3.63) is 57.2 Å². The molecule has 0 N–H and O–H groups in total. The molecule has 1 nitrogen and oxygen atoms in total. The van der Waals surface area contributed by atoms with Crippen LogP contribution in [0, 0.1) is 11.8 Å². The number of hydrogen-bond acceptors (Lipinski definition) is 1. The smallest absolute Gasteiger partial charge is 0.192 e. The zero-order valence-corrected chi connectivity index (χ0v) is 22.6. The summed E-state index contributed by atoms with van der Waals surface area (Å²) in [5.74, 6) is 0.922. The van der Waals surface area contributed by atoms with Gasteiger partial charge in [0.15, 0.2) is 8.32 Å². The molecule has 0 unspecified atom stereocenters. The van der Waals surface area contributed by atoms with Crippen LogP contribution in [0.15, 0.2) is 51.6 Å². The van der Waals surface area contributed by atoms with Crippen molar-refractivity contribution in [1.29, 1.82) is 0 Å². The van der Waals surface area contributed by atoms with Crippen molar-refractivity contribution in [1.82, 2.24) is 0 Å². The van der Waals surface area contributed by atoms with Crippen LogP contribution in [0.1, 0.15) is 60.5 Å². The van der Waals surface area contributed by atoms with Gasteiger partial charge in [-0.2, -0.15) is 0 Å². The van der Waals surface area contributed by atoms with E-state index in [4.69, 9.17) is 4.43 Å². The molecular weight excluding hydrogens is 471 g/mol. The molecule has 3 heteroatoms. The van der Waals surface area contributed by atoms with Crippen LogP contribution in [0.4, 0.5) is 0 Å². The Bertz CT molecular complexity index is 651. The molecule has 0 radical (unpaired) electrons. The van der Waals surface area contributed by atoms with Gasteiger partial charge in [0, 0.05) is 5.92 Å². The van der Waals surface area contributed by atoms with Crippen molar-refractivity contribution in [3.8, 4) is 0 Å². The second-order valence-electron chi connectivity index (χ2n) is 9.82. The van der Waals surface area contributed by atoms with Gasteiger partial charge >= 0.3 is 0 Å². The maximum absolute atomic E-state index is 6.91. The van der Waals surface area contributed by atoms with Gasteiger partial charge in [-0.05, 0) is 88.0 Å². The van der Waals surface area contributed by atoms with Gasteiger partial charge < -0.3 is 4.43 Å². The van der Waals surface area contributed by atoms with Gasteiger partial charge in [0.1, 0.15) is 0 Å². The third-order valence-corrected chi connectivity index (χ3v) is 10.7. The molecule has 0 amide bonds. The summed E-state index contributed by atoms with van der Waals surface area (Å²) < 4.78 is 8.25. The fraction of sp³-hybridized carbons (Fsp3) is 0.600. The molecule has 0 saturated heterocycles. The minimum absolute atomic E-state index is 0.157. The Morgan fingerprint density at radius 3 is 2.14 bits per heavy atom. The van der Waals surface area contributed by atoms with Crippen LogP contribution in [0.5, 0.6) is 0 Å². The lowest BCUT2D eigenvalue weighted by atomic mass is 9.93. The fourth-order valence-corrected chi connectivity index (χ4v) is 5.18. The Labute approximate surface area is 189 Å². The van der Waals surface area contributed by atoms with Crippen molar-refractivity contribution in [2.45, 2.75) is 85.5 Å². The molecular formula is C25H41IOSi. The van der Waals surface area contributed by atoms with Crippen molar-refractivity contribution in [3.63, 3.8) is 0 Å². The van der Waals surface area contributed by atoms with Gasteiger partial charge in [0.25, 0.3) is 0 Å². The summed E-state index contributed by atoms with van der Waals surface area (Å²) in [6.45, 7) is 20.8. The quantitative estimate of drug-likeness (QED) is 0.183. The van der Waals surface area contributed by atoms with Crippen LogP contribution < -0.4 is 0 Å². The normalized spacial score (nSPS) is 17.4. The summed E-state index contributed by atoms with van der Waals surface area (Å²) in [7, 11) is -1.84. The lowest BCUT2D eigenvalue weighted by Crippen LogP contribution is -2.45. The van der Waals surface area contributed by atoms with Crippen LogP contribution in [0.2, 0.25) is 18.1 Å². The van der Waals surface area contributed by atoms with E-state index >= 15 is 0 Å². The average Bonchev–Trinajstić information content (AvgIpc) is 2.57. The lowest BCUT2D eigenvalue weighted by molar-refractivity contribution is 0.177. The Balaban J connectivity index is 2.97. The van der Waals surface area contributed by atoms with Gasteiger partial charge in [0.2, 0.25) is 0 Å². The molecule has 0 heterocycles. The number of halogens is 1. The summed E-state index contributed by atoms with van der Waals surface area (Å²) in [6.07, 6.45) is 7.26. The third-order valence-electron chi connectivity index (χ3n) is 5.93. The maximum Gasteiger partial charge on any atom is 0.192 e. The lowest BCUT2D eigenvalue weighted by Gasteiger charge is -2.41. The molecule has 158 valence electrons. The molecule has 0 aromatic heterocycles. The second-order valence-corrected chi connectivity index (χ2v) is 16.3. The van der Waals surface area contributed by atoms with Crippen molar-refractivity contribution >= 4 is 30.9 Å². The van der Waals surface area contributed by atoms with Crippen molar-refractivity contribution in [2.24, 2.45) is 11.8 Å². The van der Waals surface area contributed by atoms with Crippen LogP contribution in [0.25, 0.3) is 0 Å². The highest BCUT2D eigenvalue weighted by atomic mass is 127. The Morgan fingerprint density at radius 1 is 1.07 bits per heavy atom. The monoisotopic (exact) mass is 512 g/mol. The number of benzene rings is 1.